The average molecular weight is 747 g/mol. The summed E-state index contributed by atoms with van der Waals surface area (Å²) in [4.78, 5) is 0. The first-order chi connectivity index (χ1) is 26.4. The van der Waals surface area contributed by atoms with Gasteiger partial charge >= 0.3 is 0 Å². The second-order valence-corrected chi connectivity index (χ2v) is 13.3. The van der Waals surface area contributed by atoms with E-state index in [0.717, 1.165) is 47.0 Å². The molecule has 6 rings (SSSR count). The summed E-state index contributed by atoms with van der Waals surface area (Å²) in [5, 5.41) is 20.6. The van der Waals surface area contributed by atoms with Crippen LogP contribution in [0.4, 0.5) is 0 Å². The van der Waals surface area contributed by atoms with Crippen LogP contribution in [0, 0.1) is 0 Å². The molecule has 0 aliphatic carbocycles. The standard InChI is InChI=1S/C42H50O12/c1-30(47-20-33-6-14-37(15-7-33)49-24-35(43)22-45-18-31-2-10-39(11-3-31)51-26-41-28-53-41)48-21-34-8-16-38(17-9-34)50-25-36(44)23-46-19-32-4-12-40(13-5-32)52-27-42-29-54-42/h2-17,30,35-36,41-44H,18-29H2,1H3. The highest BCUT2D eigenvalue weighted by Crippen LogP contribution is 2.19. The summed E-state index contributed by atoms with van der Waals surface area (Å²) < 4.78 is 56.1. The van der Waals surface area contributed by atoms with E-state index in [1.807, 2.05) is 104 Å². The fourth-order valence-corrected chi connectivity index (χ4v) is 5.02. The molecule has 2 aliphatic rings. The Morgan fingerprint density at radius 2 is 0.796 bits per heavy atom. The number of epoxide rings is 2. The van der Waals surface area contributed by atoms with Gasteiger partial charge in [0.2, 0.25) is 0 Å². The van der Waals surface area contributed by atoms with Gasteiger partial charge in [-0.3, -0.25) is 0 Å². The van der Waals surface area contributed by atoms with Crippen LogP contribution in [-0.2, 0) is 54.8 Å². The maximum Gasteiger partial charge on any atom is 0.155 e. The second-order valence-electron chi connectivity index (χ2n) is 13.3. The molecule has 0 bridgehead atoms. The van der Waals surface area contributed by atoms with Crippen LogP contribution in [0.5, 0.6) is 23.0 Å². The number of aliphatic hydroxyl groups is 2. The van der Waals surface area contributed by atoms with Gasteiger partial charge in [-0.2, -0.15) is 0 Å². The van der Waals surface area contributed by atoms with E-state index in [1.165, 1.54) is 0 Å². The lowest BCUT2D eigenvalue weighted by atomic mass is 10.2. The summed E-state index contributed by atoms with van der Waals surface area (Å²) in [5.41, 5.74) is 3.92. The lowest BCUT2D eigenvalue weighted by Crippen LogP contribution is -2.23. The van der Waals surface area contributed by atoms with E-state index in [9.17, 15) is 10.2 Å². The molecule has 12 nitrogen and oxygen atoms in total. The van der Waals surface area contributed by atoms with Gasteiger partial charge in [-0.25, -0.2) is 0 Å². The summed E-state index contributed by atoms with van der Waals surface area (Å²) in [6.45, 7) is 6.59. The van der Waals surface area contributed by atoms with Gasteiger partial charge in [0.25, 0.3) is 0 Å². The number of aliphatic hydroxyl groups excluding tert-OH is 2. The van der Waals surface area contributed by atoms with E-state index in [4.69, 9.17) is 47.4 Å². The van der Waals surface area contributed by atoms with Crippen molar-refractivity contribution >= 4 is 0 Å². The fourth-order valence-electron chi connectivity index (χ4n) is 5.02. The van der Waals surface area contributed by atoms with Crippen LogP contribution in [0.15, 0.2) is 97.1 Å². The molecule has 4 unspecified atom stereocenters. The third kappa shape index (κ3) is 14.9. The summed E-state index contributed by atoms with van der Waals surface area (Å²) in [7, 11) is 0. The van der Waals surface area contributed by atoms with Crippen molar-refractivity contribution < 1.29 is 57.6 Å². The van der Waals surface area contributed by atoms with Crippen LogP contribution in [-0.4, -0.2) is 93.8 Å². The van der Waals surface area contributed by atoms with Crippen LogP contribution < -0.4 is 18.9 Å². The van der Waals surface area contributed by atoms with Crippen molar-refractivity contribution in [2.45, 2.75) is 64.1 Å². The molecule has 0 spiro atoms. The first kappa shape index (κ1) is 39.5. The number of ether oxygens (including phenoxy) is 10. The molecule has 2 heterocycles. The Balaban J connectivity index is 0.778. The maximum atomic E-state index is 10.3. The summed E-state index contributed by atoms with van der Waals surface area (Å²) >= 11 is 0. The highest BCUT2D eigenvalue weighted by molar-refractivity contribution is 5.29. The van der Waals surface area contributed by atoms with Crippen LogP contribution >= 0.6 is 0 Å². The molecule has 290 valence electrons. The van der Waals surface area contributed by atoms with E-state index in [-0.39, 0.29) is 38.6 Å². The van der Waals surface area contributed by atoms with Crippen molar-refractivity contribution in [3.8, 4) is 23.0 Å². The highest BCUT2D eigenvalue weighted by Gasteiger charge is 2.23. The Hall–Kier alpha value is -4.24. The van der Waals surface area contributed by atoms with Gasteiger partial charge in [-0.05, 0) is 77.7 Å². The van der Waals surface area contributed by atoms with Crippen LogP contribution in [0.1, 0.15) is 29.2 Å². The Morgan fingerprint density at radius 3 is 1.13 bits per heavy atom. The van der Waals surface area contributed by atoms with Crippen LogP contribution in [0.25, 0.3) is 0 Å². The number of benzene rings is 4. The molecular formula is C42H50O12. The zero-order valence-electron chi connectivity index (χ0n) is 30.6. The molecule has 4 aromatic rings. The largest absolute Gasteiger partial charge is 0.491 e. The Kier molecular flexibility index (Phi) is 15.3. The highest BCUT2D eigenvalue weighted by atomic mass is 16.7. The quantitative estimate of drug-likeness (QED) is 0.0643. The monoisotopic (exact) mass is 746 g/mol. The zero-order chi connectivity index (χ0) is 37.4. The third-order valence-corrected chi connectivity index (χ3v) is 8.38. The van der Waals surface area contributed by atoms with Gasteiger partial charge in [0.15, 0.2) is 6.29 Å². The summed E-state index contributed by atoms with van der Waals surface area (Å²) in [6, 6.07) is 30.4. The van der Waals surface area contributed by atoms with E-state index in [0.29, 0.717) is 51.1 Å². The van der Waals surface area contributed by atoms with Crippen LogP contribution in [0.3, 0.4) is 0 Å². The molecule has 4 aromatic carbocycles. The fraction of sp³-hybridized carbons (Fsp3) is 0.429. The number of hydrogen-bond donors (Lipinski definition) is 2. The second kappa shape index (κ2) is 21.0. The minimum Gasteiger partial charge on any atom is -0.491 e. The Bertz CT molecular complexity index is 1500. The summed E-state index contributed by atoms with van der Waals surface area (Å²) in [5.74, 6) is 2.89. The Labute approximate surface area is 316 Å². The molecule has 0 aromatic heterocycles. The van der Waals surface area contributed by atoms with Crippen molar-refractivity contribution in [2.24, 2.45) is 0 Å². The predicted octanol–water partition coefficient (Wildman–Crippen LogP) is 5.23. The molecule has 2 aliphatic heterocycles. The molecule has 0 saturated carbocycles. The molecule has 12 heteroatoms. The van der Waals surface area contributed by atoms with E-state index >= 15 is 0 Å². The molecule has 2 saturated heterocycles. The minimum atomic E-state index is -0.761. The molecule has 2 N–H and O–H groups in total. The van der Waals surface area contributed by atoms with Gasteiger partial charge in [-0.15, -0.1) is 0 Å². The van der Waals surface area contributed by atoms with E-state index in [2.05, 4.69) is 0 Å². The average Bonchev–Trinajstić information content (AvgIpc) is 4.15. The minimum absolute atomic E-state index is 0.116. The molecule has 54 heavy (non-hydrogen) atoms. The maximum absolute atomic E-state index is 10.3. The van der Waals surface area contributed by atoms with Crippen LogP contribution in [0.2, 0.25) is 0 Å². The van der Waals surface area contributed by atoms with E-state index in [1.54, 1.807) is 0 Å². The van der Waals surface area contributed by atoms with E-state index < -0.39 is 18.5 Å². The lowest BCUT2D eigenvalue weighted by molar-refractivity contribution is -0.144. The first-order valence-electron chi connectivity index (χ1n) is 18.3. The van der Waals surface area contributed by atoms with Gasteiger partial charge in [0, 0.05) is 0 Å². The lowest BCUT2D eigenvalue weighted by Gasteiger charge is -2.16. The molecular weight excluding hydrogens is 696 g/mol. The molecule has 0 amide bonds. The Morgan fingerprint density at radius 1 is 0.481 bits per heavy atom. The molecule has 0 radical (unpaired) electrons. The normalized spacial score (nSPS) is 17.7. The van der Waals surface area contributed by atoms with Gasteiger partial charge in [0.1, 0.15) is 73.8 Å². The van der Waals surface area contributed by atoms with Gasteiger partial charge in [-0.1, -0.05) is 48.5 Å². The molecule has 4 atom stereocenters. The van der Waals surface area contributed by atoms with Gasteiger partial charge in [0.05, 0.1) is 52.9 Å². The van der Waals surface area contributed by atoms with Gasteiger partial charge < -0.3 is 57.6 Å². The predicted molar refractivity (Wildman–Crippen MR) is 198 cm³/mol. The molecule has 2 fully saturated rings. The number of hydrogen-bond acceptors (Lipinski definition) is 12. The topological polar surface area (TPSA) is 139 Å². The van der Waals surface area contributed by atoms with Crippen molar-refractivity contribution in [2.75, 3.05) is 52.9 Å². The van der Waals surface area contributed by atoms with Crippen molar-refractivity contribution in [3.05, 3.63) is 119 Å². The smallest absolute Gasteiger partial charge is 0.155 e. The van der Waals surface area contributed by atoms with Crippen molar-refractivity contribution in [3.63, 3.8) is 0 Å². The van der Waals surface area contributed by atoms with Crippen molar-refractivity contribution in [1.29, 1.82) is 0 Å². The van der Waals surface area contributed by atoms with Crippen molar-refractivity contribution in [1.82, 2.24) is 0 Å². The zero-order valence-corrected chi connectivity index (χ0v) is 30.6. The number of rotatable bonds is 26. The SMILES string of the molecule is CC(OCc1ccc(OCC(O)COCc2ccc(OCC3CO3)cc2)cc1)OCc1ccc(OCC(O)COCc2ccc(OCC3CO3)cc2)cc1. The first-order valence-corrected chi connectivity index (χ1v) is 18.3. The summed E-state index contributed by atoms with van der Waals surface area (Å²) in [6.07, 6.45) is -1.50. The third-order valence-electron chi connectivity index (χ3n) is 8.38.